The predicted molar refractivity (Wildman–Crippen MR) is 125 cm³/mol. The molecule has 1 atom stereocenters. The summed E-state index contributed by atoms with van der Waals surface area (Å²) in [6, 6.07) is 30.2. The smallest absolute Gasteiger partial charge is 0.223 e. The first-order valence-corrected chi connectivity index (χ1v) is 11.5. The molecular formula is C28H30N2O. The summed E-state index contributed by atoms with van der Waals surface area (Å²) >= 11 is 0. The molecular weight excluding hydrogens is 380 g/mol. The van der Waals surface area contributed by atoms with E-state index in [2.05, 4.69) is 82.6 Å². The molecule has 5 rings (SSSR count). The molecule has 0 saturated carbocycles. The standard InChI is InChI=1S/C28H30N2O/c31-28(19-27(23-10-3-1-4-11-23)24-12-5-2-6-13-24)30-18-16-26(21-30)29-17-15-22-9-7-8-14-25(22)20-29/h1-14,26-27H,15-21H2/t26-/m0/s1. The lowest BCUT2D eigenvalue weighted by Crippen LogP contribution is -2.41. The van der Waals surface area contributed by atoms with Gasteiger partial charge >= 0.3 is 0 Å². The van der Waals surface area contributed by atoms with E-state index in [9.17, 15) is 4.79 Å². The molecule has 0 N–H and O–H groups in total. The van der Waals surface area contributed by atoms with Crippen molar-refractivity contribution in [2.24, 2.45) is 0 Å². The SMILES string of the molecule is O=C(CC(c1ccccc1)c1ccccc1)N1CC[C@H](N2CCc3ccccc3C2)C1. The van der Waals surface area contributed by atoms with Gasteiger partial charge in [-0.15, -0.1) is 0 Å². The number of carbonyl (C=O) groups is 1. The third kappa shape index (κ3) is 4.42. The molecule has 2 heterocycles. The van der Waals surface area contributed by atoms with Crippen molar-refractivity contribution in [1.29, 1.82) is 0 Å². The number of amides is 1. The minimum atomic E-state index is 0.107. The second kappa shape index (κ2) is 9.07. The van der Waals surface area contributed by atoms with E-state index >= 15 is 0 Å². The monoisotopic (exact) mass is 410 g/mol. The Morgan fingerprint density at radius 3 is 2.10 bits per heavy atom. The van der Waals surface area contributed by atoms with Gasteiger partial charge in [-0.3, -0.25) is 9.69 Å². The van der Waals surface area contributed by atoms with E-state index in [0.717, 1.165) is 39.0 Å². The summed E-state index contributed by atoms with van der Waals surface area (Å²) in [5.74, 6) is 0.383. The highest BCUT2D eigenvalue weighted by atomic mass is 16.2. The van der Waals surface area contributed by atoms with Crippen molar-refractivity contribution in [2.75, 3.05) is 19.6 Å². The van der Waals surface area contributed by atoms with Gasteiger partial charge in [-0.05, 0) is 35.1 Å². The highest BCUT2D eigenvalue weighted by Crippen LogP contribution is 2.30. The molecule has 158 valence electrons. The van der Waals surface area contributed by atoms with Crippen LogP contribution in [0.4, 0.5) is 0 Å². The molecule has 0 aliphatic carbocycles. The third-order valence-electron chi connectivity index (χ3n) is 6.98. The van der Waals surface area contributed by atoms with Gasteiger partial charge in [0.15, 0.2) is 0 Å². The van der Waals surface area contributed by atoms with Crippen molar-refractivity contribution in [3.63, 3.8) is 0 Å². The van der Waals surface area contributed by atoms with Gasteiger partial charge in [-0.25, -0.2) is 0 Å². The summed E-state index contributed by atoms with van der Waals surface area (Å²) in [5, 5.41) is 0. The van der Waals surface area contributed by atoms with Crippen LogP contribution in [0.3, 0.4) is 0 Å². The van der Waals surface area contributed by atoms with Gasteiger partial charge in [-0.1, -0.05) is 84.9 Å². The quantitative estimate of drug-likeness (QED) is 0.599. The number of hydrogen-bond donors (Lipinski definition) is 0. The Balaban J connectivity index is 1.26. The number of hydrogen-bond acceptors (Lipinski definition) is 2. The highest BCUT2D eigenvalue weighted by Gasteiger charge is 2.33. The Kier molecular flexibility index (Phi) is 5.86. The molecule has 3 nitrogen and oxygen atoms in total. The number of likely N-dealkylation sites (tertiary alicyclic amines) is 1. The maximum Gasteiger partial charge on any atom is 0.223 e. The first kappa shape index (κ1) is 20.0. The van der Waals surface area contributed by atoms with Gasteiger partial charge in [0.05, 0.1) is 0 Å². The largest absolute Gasteiger partial charge is 0.341 e. The normalized spacial score (nSPS) is 18.9. The molecule has 1 amide bonds. The van der Waals surface area contributed by atoms with Crippen LogP contribution in [-0.2, 0) is 17.8 Å². The van der Waals surface area contributed by atoms with Crippen molar-refractivity contribution < 1.29 is 4.79 Å². The first-order chi connectivity index (χ1) is 15.3. The van der Waals surface area contributed by atoms with Gasteiger partial charge in [0.25, 0.3) is 0 Å². The second-order valence-corrected chi connectivity index (χ2v) is 8.85. The maximum absolute atomic E-state index is 13.3. The summed E-state index contributed by atoms with van der Waals surface area (Å²) in [4.78, 5) is 18.0. The summed E-state index contributed by atoms with van der Waals surface area (Å²) in [5.41, 5.74) is 5.36. The van der Waals surface area contributed by atoms with E-state index in [1.165, 1.54) is 22.3 Å². The van der Waals surface area contributed by atoms with Crippen LogP contribution in [0.5, 0.6) is 0 Å². The van der Waals surface area contributed by atoms with Crippen LogP contribution in [0.2, 0.25) is 0 Å². The first-order valence-electron chi connectivity index (χ1n) is 11.5. The van der Waals surface area contributed by atoms with Crippen molar-refractivity contribution in [1.82, 2.24) is 9.80 Å². The van der Waals surface area contributed by atoms with Crippen LogP contribution >= 0.6 is 0 Å². The van der Waals surface area contributed by atoms with Crippen LogP contribution < -0.4 is 0 Å². The van der Waals surface area contributed by atoms with E-state index in [1.807, 2.05) is 12.1 Å². The highest BCUT2D eigenvalue weighted by molar-refractivity contribution is 5.78. The van der Waals surface area contributed by atoms with E-state index in [4.69, 9.17) is 0 Å². The fraction of sp³-hybridized carbons (Fsp3) is 0.321. The topological polar surface area (TPSA) is 23.6 Å². The summed E-state index contributed by atoms with van der Waals surface area (Å²) in [7, 11) is 0. The van der Waals surface area contributed by atoms with E-state index in [1.54, 1.807) is 0 Å². The Hall–Kier alpha value is -2.91. The zero-order valence-electron chi connectivity index (χ0n) is 18.0. The molecule has 0 aromatic heterocycles. The zero-order chi connectivity index (χ0) is 21.0. The van der Waals surface area contributed by atoms with Crippen molar-refractivity contribution >= 4 is 5.91 Å². The van der Waals surface area contributed by atoms with Crippen molar-refractivity contribution in [2.45, 2.75) is 37.8 Å². The van der Waals surface area contributed by atoms with Gasteiger partial charge in [0, 0.05) is 44.6 Å². The fourth-order valence-corrected chi connectivity index (χ4v) is 5.20. The lowest BCUT2D eigenvalue weighted by molar-refractivity contribution is -0.130. The molecule has 1 fully saturated rings. The minimum absolute atomic E-state index is 0.107. The molecule has 0 radical (unpaired) electrons. The number of carbonyl (C=O) groups excluding carboxylic acids is 1. The van der Waals surface area contributed by atoms with Gasteiger partial charge < -0.3 is 4.90 Å². The van der Waals surface area contributed by atoms with Crippen LogP contribution in [-0.4, -0.2) is 41.4 Å². The van der Waals surface area contributed by atoms with Crippen LogP contribution in [0, 0.1) is 0 Å². The Labute approximate surface area is 185 Å². The Morgan fingerprint density at radius 2 is 1.42 bits per heavy atom. The van der Waals surface area contributed by atoms with Crippen LogP contribution in [0.1, 0.15) is 41.0 Å². The average Bonchev–Trinajstić information content (AvgIpc) is 3.34. The second-order valence-electron chi connectivity index (χ2n) is 8.85. The lowest BCUT2D eigenvalue weighted by atomic mass is 9.88. The zero-order valence-corrected chi connectivity index (χ0v) is 18.0. The summed E-state index contributed by atoms with van der Waals surface area (Å²) < 4.78 is 0. The molecule has 0 bridgehead atoms. The lowest BCUT2D eigenvalue weighted by Gasteiger charge is -2.33. The third-order valence-corrected chi connectivity index (χ3v) is 6.98. The molecule has 2 aliphatic heterocycles. The molecule has 3 heteroatoms. The number of nitrogens with zero attached hydrogens (tertiary/aromatic N) is 2. The Bertz CT molecular complexity index is 978. The summed E-state index contributed by atoms with van der Waals surface area (Å²) in [6.07, 6.45) is 2.73. The number of benzene rings is 3. The minimum Gasteiger partial charge on any atom is -0.341 e. The van der Waals surface area contributed by atoms with Crippen molar-refractivity contribution in [3.8, 4) is 0 Å². The van der Waals surface area contributed by atoms with Crippen LogP contribution in [0.15, 0.2) is 84.9 Å². The number of rotatable bonds is 5. The predicted octanol–water partition coefficient (Wildman–Crippen LogP) is 4.87. The average molecular weight is 411 g/mol. The number of fused-ring (bicyclic) bond motifs is 1. The fourth-order valence-electron chi connectivity index (χ4n) is 5.20. The molecule has 2 aliphatic rings. The molecule has 3 aromatic carbocycles. The molecule has 0 spiro atoms. The van der Waals surface area contributed by atoms with E-state index in [-0.39, 0.29) is 11.8 Å². The molecule has 0 unspecified atom stereocenters. The molecule has 3 aromatic rings. The van der Waals surface area contributed by atoms with Gasteiger partial charge in [0.2, 0.25) is 5.91 Å². The van der Waals surface area contributed by atoms with E-state index < -0.39 is 0 Å². The van der Waals surface area contributed by atoms with Gasteiger partial charge in [-0.2, -0.15) is 0 Å². The summed E-state index contributed by atoms with van der Waals surface area (Å²) in [6.45, 7) is 3.84. The van der Waals surface area contributed by atoms with Crippen molar-refractivity contribution in [3.05, 3.63) is 107 Å². The maximum atomic E-state index is 13.3. The Morgan fingerprint density at radius 1 is 0.806 bits per heavy atom. The molecule has 1 saturated heterocycles. The molecule has 31 heavy (non-hydrogen) atoms. The van der Waals surface area contributed by atoms with Crippen LogP contribution in [0.25, 0.3) is 0 Å². The van der Waals surface area contributed by atoms with Gasteiger partial charge in [0.1, 0.15) is 0 Å². The van der Waals surface area contributed by atoms with E-state index in [0.29, 0.717) is 12.5 Å².